The van der Waals surface area contributed by atoms with Crippen molar-refractivity contribution in [3.63, 3.8) is 0 Å². The summed E-state index contributed by atoms with van der Waals surface area (Å²) in [6.07, 6.45) is 2.83. The number of carbonyl (C=O) groups excluding carboxylic acids is 2. The minimum atomic E-state index is -0.466. The van der Waals surface area contributed by atoms with Crippen molar-refractivity contribution in [1.29, 1.82) is 0 Å². The predicted molar refractivity (Wildman–Crippen MR) is 116 cm³/mol. The van der Waals surface area contributed by atoms with Crippen molar-refractivity contribution < 1.29 is 14.7 Å². The van der Waals surface area contributed by atoms with Gasteiger partial charge in [-0.05, 0) is 48.9 Å². The van der Waals surface area contributed by atoms with E-state index >= 15 is 0 Å². The lowest BCUT2D eigenvalue weighted by Crippen LogP contribution is -2.39. The van der Waals surface area contributed by atoms with Crippen LogP contribution in [0.2, 0.25) is 0 Å². The number of para-hydroxylation sites is 2. The van der Waals surface area contributed by atoms with Crippen LogP contribution in [0.3, 0.4) is 0 Å². The number of likely N-dealkylation sites (tertiary alicyclic amines) is 1. The fourth-order valence-corrected chi connectivity index (χ4v) is 5.11. The van der Waals surface area contributed by atoms with Gasteiger partial charge in [0, 0.05) is 18.7 Å². The highest BCUT2D eigenvalue weighted by molar-refractivity contribution is 5.96. The lowest BCUT2D eigenvalue weighted by molar-refractivity contribution is -0.129. The molecule has 0 radical (unpaired) electrons. The minimum absolute atomic E-state index is 0.00862. The molecule has 1 aromatic heterocycles. The average molecular weight is 418 g/mol. The molecule has 2 heterocycles. The number of aliphatic hydroxyl groups excluding tert-OH is 1. The topological polar surface area (TPSA) is 87.5 Å². The largest absolute Gasteiger partial charge is 0.391 e. The second-order valence-corrected chi connectivity index (χ2v) is 8.61. The lowest BCUT2D eigenvalue weighted by atomic mass is 9.77. The van der Waals surface area contributed by atoms with Crippen molar-refractivity contribution in [3.8, 4) is 0 Å². The van der Waals surface area contributed by atoms with Crippen molar-refractivity contribution in [2.45, 2.75) is 25.0 Å². The molecule has 0 bridgehead atoms. The van der Waals surface area contributed by atoms with E-state index in [2.05, 4.69) is 14.9 Å². The van der Waals surface area contributed by atoms with E-state index in [0.717, 1.165) is 17.5 Å². The van der Waals surface area contributed by atoms with Crippen LogP contribution in [0, 0.1) is 11.8 Å². The van der Waals surface area contributed by atoms with Gasteiger partial charge in [-0.1, -0.05) is 30.3 Å². The van der Waals surface area contributed by atoms with Crippen LogP contribution < -0.4 is 5.32 Å². The zero-order chi connectivity index (χ0) is 21.4. The summed E-state index contributed by atoms with van der Waals surface area (Å²) in [7, 11) is 0. The molecule has 2 N–H and O–H groups in total. The number of nitrogens with zero attached hydrogens (tertiary/aromatic N) is 3. The smallest absolute Gasteiger partial charge is 0.251 e. The first-order valence-corrected chi connectivity index (χ1v) is 10.8. The van der Waals surface area contributed by atoms with Crippen LogP contribution in [0.1, 0.15) is 29.2 Å². The quantitative estimate of drug-likeness (QED) is 0.680. The second kappa shape index (κ2) is 8.15. The van der Waals surface area contributed by atoms with Gasteiger partial charge in [-0.2, -0.15) is 0 Å². The van der Waals surface area contributed by atoms with Gasteiger partial charge in [0.05, 0.1) is 36.1 Å². The highest BCUT2D eigenvalue weighted by Gasteiger charge is 2.43. The Morgan fingerprint density at radius 2 is 1.71 bits per heavy atom. The summed E-state index contributed by atoms with van der Waals surface area (Å²) < 4.78 is 2.08. The molecule has 1 saturated heterocycles. The van der Waals surface area contributed by atoms with Crippen LogP contribution in [0.15, 0.2) is 60.9 Å². The Morgan fingerprint density at radius 3 is 2.52 bits per heavy atom. The van der Waals surface area contributed by atoms with Crippen LogP contribution in [-0.2, 0) is 4.79 Å². The summed E-state index contributed by atoms with van der Waals surface area (Å²) in [6, 6.07) is 16.8. The number of aromatic nitrogens is 2. The van der Waals surface area contributed by atoms with Crippen molar-refractivity contribution in [1.82, 2.24) is 19.8 Å². The standard InChI is InChI=1S/C24H26N4O3/c29-22-11-18-14-27(23(30)12-25-24(31)16-6-2-1-3-7-16)13-17(18)10-21(22)28-15-26-19-8-4-5-9-20(19)28/h1-9,15,17-18,21-22,29H,10-14H2,(H,25,31)/t17-,18+,21-,22-/m1/s1. The zero-order valence-electron chi connectivity index (χ0n) is 17.2. The monoisotopic (exact) mass is 418 g/mol. The van der Waals surface area contributed by atoms with Gasteiger partial charge in [-0.15, -0.1) is 0 Å². The third-order valence-corrected chi connectivity index (χ3v) is 6.74. The molecule has 4 atom stereocenters. The highest BCUT2D eigenvalue weighted by atomic mass is 16.3. The molecule has 7 nitrogen and oxygen atoms in total. The molecule has 2 aromatic carbocycles. The number of aliphatic hydroxyl groups is 1. The fraction of sp³-hybridized carbons (Fsp3) is 0.375. The van der Waals surface area contributed by atoms with Gasteiger partial charge in [0.1, 0.15) is 0 Å². The molecular formula is C24H26N4O3. The molecule has 0 spiro atoms. The van der Waals surface area contributed by atoms with E-state index in [1.54, 1.807) is 24.3 Å². The van der Waals surface area contributed by atoms with Gasteiger partial charge >= 0.3 is 0 Å². The molecule has 2 aliphatic rings. The maximum absolute atomic E-state index is 12.7. The van der Waals surface area contributed by atoms with Gasteiger partial charge in [-0.3, -0.25) is 9.59 Å². The summed E-state index contributed by atoms with van der Waals surface area (Å²) in [5.41, 5.74) is 2.50. The molecule has 5 rings (SSSR count). The van der Waals surface area contributed by atoms with Crippen molar-refractivity contribution in [2.75, 3.05) is 19.6 Å². The fourth-order valence-electron chi connectivity index (χ4n) is 5.11. The van der Waals surface area contributed by atoms with E-state index in [1.165, 1.54) is 0 Å². The number of rotatable bonds is 4. The SMILES string of the molecule is O=C(NCC(=O)N1C[C@H]2C[C@@H](n3cnc4ccccc43)[C@H](O)C[C@H]2C1)c1ccccc1. The van der Waals surface area contributed by atoms with Crippen LogP contribution in [0.25, 0.3) is 11.0 Å². The average Bonchev–Trinajstić information content (AvgIpc) is 3.41. The molecular weight excluding hydrogens is 392 g/mol. The Kier molecular flexibility index (Phi) is 5.19. The number of carbonyl (C=O) groups is 2. The number of fused-ring (bicyclic) bond motifs is 2. The van der Waals surface area contributed by atoms with Gasteiger partial charge in [0.25, 0.3) is 5.91 Å². The first-order chi connectivity index (χ1) is 15.1. The molecule has 160 valence electrons. The van der Waals surface area contributed by atoms with E-state index in [9.17, 15) is 14.7 Å². The molecule has 0 unspecified atom stereocenters. The second-order valence-electron chi connectivity index (χ2n) is 8.61. The minimum Gasteiger partial charge on any atom is -0.391 e. The summed E-state index contributed by atoms with van der Waals surface area (Å²) >= 11 is 0. The first-order valence-electron chi connectivity index (χ1n) is 10.8. The Balaban J connectivity index is 1.22. The Labute approximate surface area is 180 Å². The third kappa shape index (κ3) is 3.81. The molecule has 2 fully saturated rings. The van der Waals surface area contributed by atoms with Gasteiger partial charge in [0.2, 0.25) is 5.91 Å². The Hall–Kier alpha value is -3.19. The van der Waals surface area contributed by atoms with E-state index < -0.39 is 6.10 Å². The number of hydrogen-bond acceptors (Lipinski definition) is 4. The first kappa shape index (κ1) is 19.8. The number of imidazole rings is 1. The van der Waals surface area contributed by atoms with Crippen molar-refractivity contribution in [2.24, 2.45) is 11.8 Å². The maximum atomic E-state index is 12.7. The highest BCUT2D eigenvalue weighted by Crippen LogP contribution is 2.42. The molecule has 3 aromatic rings. The van der Waals surface area contributed by atoms with E-state index in [0.29, 0.717) is 31.0 Å². The summed E-state index contributed by atoms with van der Waals surface area (Å²) in [5, 5.41) is 13.6. The van der Waals surface area contributed by atoms with Gasteiger partial charge in [-0.25, -0.2) is 4.98 Å². The molecule has 1 saturated carbocycles. The van der Waals surface area contributed by atoms with Crippen molar-refractivity contribution in [3.05, 3.63) is 66.5 Å². The molecule has 1 aliphatic carbocycles. The van der Waals surface area contributed by atoms with Crippen LogP contribution in [0.5, 0.6) is 0 Å². The van der Waals surface area contributed by atoms with E-state index in [4.69, 9.17) is 0 Å². The normalized spacial score (nSPS) is 25.4. The van der Waals surface area contributed by atoms with Crippen LogP contribution in [-0.4, -0.2) is 57.1 Å². The number of benzene rings is 2. The summed E-state index contributed by atoms with van der Waals surface area (Å²) in [6.45, 7) is 1.30. The Bertz CT molecular complexity index is 1100. The predicted octanol–water partition coefficient (Wildman–Crippen LogP) is 2.24. The van der Waals surface area contributed by atoms with E-state index in [1.807, 2.05) is 41.6 Å². The Morgan fingerprint density at radius 1 is 1.00 bits per heavy atom. The van der Waals surface area contributed by atoms with E-state index in [-0.39, 0.29) is 30.3 Å². The summed E-state index contributed by atoms with van der Waals surface area (Å²) in [5.74, 6) is 0.309. The number of nitrogens with one attached hydrogen (secondary N) is 1. The molecule has 7 heteroatoms. The number of amides is 2. The molecule has 31 heavy (non-hydrogen) atoms. The zero-order valence-corrected chi connectivity index (χ0v) is 17.2. The van der Waals surface area contributed by atoms with Gasteiger partial charge < -0.3 is 19.9 Å². The van der Waals surface area contributed by atoms with Crippen LogP contribution in [0.4, 0.5) is 0 Å². The summed E-state index contributed by atoms with van der Waals surface area (Å²) in [4.78, 5) is 31.2. The lowest BCUT2D eigenvalue weighted by Gasteiger charge is -2.36. The van der Waals surface area contributed by atoms with Crippen molar-refractivity contribution >= 4 is 22.8 Å². The third-order valence-electron chi connectivity index (χ3n) is 6.74. The maximum Gasteiger partial charge on any atom is 0.251 e. The van der Waals surface area contributed by atoms with Gasteiger partial charge in [0.15, 0.2) is 0 Å². The van der Waals surface area contributed by atoms with Crippen LogP contribution >= 0.6 is 0 Å². The number of hydrogen-bond donors (Lipinski definition) is 2. The molecule has 1 aliphatic heterocycles. The molecule has 2 amide bonds.